The van der Waals surface area contributed by atoms with E-state index in [1.54, 1.807) is 20.9 Å². The summed E-state index contributed by atoms with van der Waals surface area (Å²) in [6.07, 6.45) is 27.3. The quantitative estimate of drug-likeness (QED) is 0.0233. The van der Waals surface area contributed by atoms with Crippen LogP contribution in [0, 0.1) is 0 Å². The molecule has 0 radical (unpaired) electrons. The third-order valence-corrected chi connectivity index (χ3v) is 18.1. The number of fused-ring (bicyclic) bond motifs is 10. The molecule has 432 valence electrons. The molecule has 82 heavy (non-hydrogen) atoms. The van der Waals surface area contributed by atoms with Crippen molar-refractivity contribution in [2.75, 3.05) is 26.4 Å². The third-order valence-electron chi connectivity index (χ3n) is 16.9. The number of hydrogen-bond acceptors (Lipinski definition) is 8. The number of ether oxygens (including phenoxy) is 4. The predicted molar refractivity (Wildman–Crippen MR) is 346 cm³/mol. The highest BCUT2D eigenvalue weighted by molar-refractivity contribution is 6.56. The van der Waals surface area contributed by atoms with Gasteiger partial charge in [0.05, 0.1) is 59.3 Å². The van der Waals surface area contributed by atoms with E-state index in [1.165, 1.54) is 103 Å². The lowest BCUT2D eigenvalue weighted by molar-refractivity contribution is 0.259. The van der Waals surface area contributed by atoms with E-state index in [9.17, 15) is 0 Å². The Kier molecular flexibility index (Phi) is 18.6. The van der Waals surface area contributed by atoms with E-state index >= 15 is 9.59 Å². The van der Waals surface area contributed by atoms with Crippen LogP contribution in [0.3, 0.4) is 0 Å². The smallest absolute Gasteiger partial charge is 0.264 e. The molecule has 7 aromatic carbocycles. The minimum Gasteiger partial charge on any atom is -0.490 e. The number of aromatic nitrogens is 4. The fourth-order valence-electron chi connectivity index (χ4n) is 12.7. The van der Waals surface area contributed by atoms with Crippen LogP contribution in [0.4, 0.5) is 0 Å². The van der Waals surface area contributed by atoms with Crippen molar-refractivity contribution in [1.29, 1.82) is 0 Å². The van der Waals surface area contributed by atoms with Crippen molar-refractivity contribution in [3.63, 3.8) is 0 Å². The van der Waals surface area contributed by atoms with Gasteiger partial charge in [0.1, 0.15) is 11.3 Å². The second-order valence-electron chi connectivity index (χ2n) is 22.8. The summed E-state index contributed by atoms with van der Waals surface area (Å²) in [5.41, 5.74) is 2.66. The molecule has 0 amide bonds. The molecule has 11 aromatic rings. The van der Waals surface area contributed by atoms with E-state index < -0.39 is 0 Å². The summed E-state index contributed by atoms with van der Waals surface area (Å²) >= 11 is 30.3. The van der Waals surface area contributed by atoms with Gasteiger partial charge in [-0.3, -0.25) is 18.4 Å². The fraction of sp³-hybridized carbons (Fsp3) is 0.471. The lowest BCUT2D eigenvalue weighted by atomic mass is 9.86. The Morgan fingerprint density at radius 2 is 0.598 bits per heavy atom. The third kappa shape index (κ3) is 11.1. The monoisotopic (exact) mass is 1180 g/mol. The van der Waals surface area contributed by atoms with Gasteiger partial charge in [0.2, 0.25) is 0 Å². The Hall–Kier alpha value is -5.52. The van der Waals surface area contributed by atoms with Crippen LogP contribution in [0.15, 0.2) is 58.1 Å². The number of unbranched alkanes of at least 4 members (excludes halogenated alkanes) is 20. The topological polar surface area (TPSA) is 106 Å². The number of nitrogens with zero attached hydrogens (tertiary/aromatic N) is 4. The van der Waals surface area contributed by atoms with Crippen LogP contribution in [0.1, 0.15) is 182 Å². The van der Waals surface area contributed by atoms with Gasteiger partial charge in [-0.15, -0.1) is 0 Å². The van der Waals surface area contributed by atoms with Gasteiger partial charge in [-0.05, 0) is 49.9 Å². The van der Waals surface area contributed by atoms with Gasteiger partial charge in [-0.25, -0.2) is 9.97 Å². The molecule has 0 N–H and O–H groups in total. The Balaban J connectivity index is 1.05. The summed E-state index contributed by atoms with van der Waals surface area (Å²) in [6.45, 7) is 11.1. The Morgan fingerprint density at radius 1 is 0.329 bits per heavy atom. The van der Waals surface area contributed by atoms with Crippen molar-refractivity contribution in [3.05, 3.63) is 89.3 Å². The van der Waals surface area contributed by atoms with Gasteiger partial charge >= 0.3 is 0 Å². The van der Waals surface area contributed by atoms with E-state index in [0.29, 0.717) is 168 Å². The molecule has 14 heteroatoms. The lowest BCUT2D eigenvalue weighted by Crippen LogP contribution is -2.14. The SMILES string of the molecule is CCCCCCCCOc1cc2nc3c4cc(Cl)c5c6c(Cl)cc7c(=O)n8c9cc(OCCCCCCCC)c(OCCCCCCCC)cc9nc8c8cc(Cl)c(c9c(Cl)cc(c(=O)n3c2cc1OCCCCCCCC)c4c95)c6c78. The molecule has 10 nitrogen and oxygen atoms in total. The molecular weight excluding hydrogens is 1110 g/mol. The van der Waals surface area contributed by atoms with E-state index in [0.717, 1.165) is 51.4 Å². The fourth-order valence-corrected chi connectivity index (χ4v) is 13.9. The highest BCUT2D eigenvalue weighted by Gasteiger charge is 2.30. The van der Waals surface area contributed by atoms with E-state index in [-0.39, 0.29) is 11.1 Å². The van der Waals surface area contributed by atoms with Crippen molar-refractivity contribution in [1.82, 2.24) is 18.8 Å². The zero-order valence-electron chi connectivity index (χ0n) is 48.2. The predicted octanol–water partition coefficient (Wildman–Crippen LogP) is 20.8. The Morgan fingerprint density at radius 3 is 0.902 bits per heavy atom. The Bertz CT molecular complexity index is 3910. The van der Waals surface area contributed by atoms with Crippen LogP contribution in [-0.4, -0.2) is 45.2 Å². The summed E-state index contributed by atoms with van der Waals surface area (Å²) in [5, 5.41) is 8.35. The first-order valence-electron chi connectivity index (χ1n) is 30.8. The number of rotatable bonds is 32. The van der Waals surface area contributed by atoms with E-state index in [4.69, 9.17) is 75.3 Å². The minimum atomic E-state index is -0.293. The average molecular weight is 1190 g/mol. The number of halogens is 4. The van der Waals surface area contributed by atoms with Crippen molar-refractivity contribution in [2.45, 2.75) is 182 Å². The number of benzene rings is 7. The second kappa shape index (κ2) is 26.2. The first kappa shape index (κ1) is 58.3. The van der Waals surface area contributed by atoms with Crippen molar-refractivity contribution >= 4 is 144 Å². The first-order chi connectivity index (χ1) is 40.1. The van der Waals surface area contributed by atoms with Gasteiger partial charge in [0.25, 0.3) is 11.1 Å². The van der Waals surface area contributed by atoms with E-state index in [1.807, 2.05) is 36.4 Å². The number of hydrogen-bond donors (Lipinski definition) is 0. The maximum Gasteiger partial charge on any atom is 0.264 e. The summed E-state index contributed by atoms with van der Waals surface area (Å²) in [6, 6.07) is 14.8. The minimum absolute atomic E-state index is 0.293. The van der Waals surface area contributed by atoms with E-state index in [2.05, 4.69) is 27.7 Å². The van der Waals surface area contributed by atoms with Crippen LogP contribution < -0.4 is 30.1 Å². The molecule has 0 aliphatic heterocycles. The summed E-state index contributed by atoms with van der Waals surface area (Å²) in [7, 11) is 0. The summed E-state index contributed by atoms with van der Waals surface area (Å²) in [4.78, 5) is 40.9. The highest BCUT2D eigenvalue weighted by Crippen LogP contribution is 2.54. The zero-order valence-corrected chi connectivity index (χ0v) is 51.2. The molecule has 0 unspecified atom stereocenters. The molecule has 0 saturated heterocycles. The molecule has 0 bridgehead atoms. The lowest BCUT2D eigenvalue weighted by Gasteiger charge is -2.21. The van der Waals surface area contributed by atoms with Crippen LogP contribution in [0.25, 0.3) is 98.0 Å². The maximum absolute atomic E-state index is 15.3. The summed E-state index contributed by atoms with van der Waals surface area (Å²) < 4.78 is 29.3. The van der Waals surface area contributed by atoms with Gasteiger partial charge in [0, 0.05) is 98.2 Å². The molecule has 0 spiro atoms. The van der Waals surface area contributed by atoms with Gasteiger partial charge in [-0.2, -0.15) is 0 Å². The average Bonchev–Trinajstić information content (AvgIpc) is 1.17. The number of pyridine rings is 2. The molecule has 4 heterocycles. The van der Waals surface area contributed by atoms with Crippen LogP contribution in [0.2, 0.25) is 20.1 Å². The van der Waals surface area contributed by atoms with Crippen LogP contribution in [0.5, 0.6) is 23.0 Å². The van der Waals surface area contributed by atoms with Crippen LogP contribution >= 0.6 is 46.4 Å². The van der Waals surface area contributed by atoms with Gasteiger partial charge in [-0.1, -0.05) is 203 Å². The van der Waals surface area contributed by atoms with Gasteiger partial charge < -0.3 is 18.9 Å². The molecule has 0 aliphatic rings. The zero-order chi connectivity index (χ0) is 57.0. The molecule has 0 aliphatic carbocycles. The number of imidazole rings is 2. The molecule has 0 fully saturated rings. The normalized spacial score (nSPS) is 12.4. The van der Waals surface area contributed by atoms with Crippen LogP contribution in [-0.2, 0) is 0 Å². The molecular formula is C68H76Cl4N4O6. The highest BCUT2D eigenvalue weighted by atomic mass is 35.5. The maximum atomic E-state index is 15.3. The first-order valence-corrected chi connectivity index (χ1v) is 32.3. The second-order valence-corrected chi connectivity index (χ2v) is 24.4. The standard InChI is InChI=1S/C68H76Cl4N4O6/c1-5-9-13-17-21-25-29-79-53-37-49-51(39-55(53)81-31-27-23-19-15-11-7-3)75-65(73-49)41-33-45(69)59-62-48(72)36-44-58-42(34-46(70)60(64(58)62)61-47(71)35-43(67(75)77)57(41)63(59)61)66-74-50-38-54(80-30-26-22-18-14-10-6-2)56(40-52(50)76(66)68(44)78)82-32-28-24-20-16-12-8-4/h33-40H,5-32H2,1-4H3. The molecule has 0 saturated carbocycles. The van der Waals surface area contributed by atoms with Crippen molar-refractivity contribution < 1.29 is 18.9 Å². The van der Waals surface area contributed by atoms with Crippen molar-refractivity contribution in [3.8, 4) is 23.0 Å². The molecule has 4 aromatic heterocycles. The summed E-state index contributed by atoms with van der Waals surface area (Å²) in [5.74, 6) is 2.38. The van der Waals surface area contributed by atoms with Gasteiger partial charge in [0.15, 0.2) is 23.0 Å². The van der Waals surface area contributed by atoms with Crippen molar-refractivity contribution in [2.24, 2.45) is 0 Å². The largest absolute Gasteiger partial charge is 0.490 e. The molecule has 11 rings (SSSR count). The Labute approximate surface area is 499 Å². The molecule has 0 atom stereocenters.